The molecule has 2 fully saturated rings. The summed E-state index contributed by atoms with van der Waals surface area (Å²) in [6.07, 6.45) is 4.48. The lowest BCUT2D eigenvalue weighted by Gasteiger charge is -2.32. The molecular weight excluding hydrogens is 344 g/mol. The van der Waals surface area contributed by atoms with Crippen molar-refractivity contribution in [2.24, 2.45) is 0 Å². The molecular formula is C20H28N4O3. The predicted molar refractivity (Wildman–Crippen MR) is 102 cm³/mol. The Labute approximate surface area is 159 Å². The molecule has 0 saturated carbocycles. The Morgan fingerprint density at radius 2 is 2.15 bits per heavy atom. The fraction of sp³-hybridized carbons (Fsp3) is 0.600. The van der Waals surface area contributed by atoms with Gasteiger partial charge in [-0.15, -0.1) is 0 Å². The lowest BCUT2D eigenvalue weighted by Crippen LogP contribution is -2.42. The number of imidazole rings is 1. The molecule has 4 rings (SSSR count). The summed E-state index contributed by atoms with van der Waals surface area (Å²) in [5.74, 6) is 0.0108. The van der Waals surface area contributed by atoms with Crippen LogP contribution in [0, 0.1) is 6.92 Å². The molecule has 0 aliphatic carbocycles. The average molecular weight is 372 g/mol. The number of carbonyl (C=O) groups excluding carboxylic acids is 1. The van der Waals surface area contributed by atoms with Gasteiger partial charge in [-0.2, -0.15) is 0 Å². The fourth-order valence-electron chi connectivity index (χ4n) is 4.05. The Morgan fingerprint density at radius 1 is 1.33 bits per heavy atom. The number of carbonyl (C=O) groups is 1. The lowest BCUT2D eigenvalue weighted by atomic mass is 10.1. The number of amides is 1. The van der Waals surface area contributed by atoms with E-state index < -0.39 is 0 Å². The first-order valence-corrected chi connectivity index (χ1v) is 9.76. The maximum Gasteiger partial charge on any atom is 0.274 e. The molecule has 0 aromatic carbocycles. The molecule has 146 valence electrons. The van der Waals surface area contributed by atoms with Gasteiger partial charge in [-0.1, -0.05) is 6.07 Å². The third-order valence-corrected chi connectivity index (χ3v) is 5.61. The summed E-state index contributed by atoms with van der Waals surface area (Å²) < 4.78 is 13.0. The van der Waals surface area contributed by atoms with Gasteiger partial charge in [0.15, 0.2) is 5.69 Å². The summed E-state index contributed by atoms with van der Waals surface area (Å²) in [6.45, 7) is 7.09. The van der Waals surface area contributed by atoms with E-state index in [1.807, 2.05) is 30.2 Å². The zero-order valence-electron chi connectivity index (χ0n) is 16.2. The zero-order chi connectivity index (χ0) is 18.8. The number of hydrogen-bond acceptors (Lipinski definition) is 5. The van der Waals surface area contributed by atoms with Crippen LogP contribution < -0.4 is 0 Å². The van der Waals surface area contributed by atoms with E-state index in [1.54, 1.807) is 7.11 Å². The molecule has 2 aromatic rings. The summed E-state index contributed by atoms with van der Waals surface area (Å²) in [6, 6.07) is 4.06. The summed E-state index contributed by atoms with van der Waals surface area (Å²) in [7, 11) is 1.78. The largest absolute Gasteiger partial charge is 0.380 e. The van der Waals surface area contributed by atoms with Crippen LogP contribution in [0.4, 0.5) is 0 Å². The topological polar surface area (TPSA) is 59.3 Å². The summed E-state index contributed by atoms with van der Waals surface area (Å²) in [4.78, 5) is 22.2. The zero-order valence-corrected chi connectivity index (χ0v) is 16.2. The first-order valence-electron chi connectivity index (χ1n) is 9.76. The second-order valence-corrected chi connectivity index (χ2v) is 7.43. The SMILES string of the molecule is CO[C@@H]1CCCN(Cc2c(C(=O)N3CCOCC3)nc3c(C)cccn23)C1. The highest BCUT2D eigenvalue weighted by Gasteiger charge is 2.28. The molecule has 2 aromatic heterocycles. The number of rotatable bonds is 4. The van der Waals surface area contributed by atoms with Crippen LogP contribution >= 0.6 is 0 Å². The number of likely N-dealkylation sites (tertiary alicyclic amines) is 1. The lowest BCUT2D eigenvalue weighted by molar-refractivity contribution is 0.0264. The van der Waals surface area contributed by atoms with Crippen molar-refractivity contribution in [3.63, 3.8) is 0 Å². The number of hydrogen-bond donors (Lipinski definition) is 0. The highest BCUT2D eigenvalue weighted by molar-refractivity contribution is 5.94. The smallest absolute Gasteiger partial charge is 0.274 e. The molecule has 1 atom stereocenters. The van der Waals surface area contributed by atoms with Crippen molar-refractivity contribution in [1.82, 2.24) is 19.2 Å². The Bertz CT molecular complexity index is 813. The van der Waals surface area contributed by atoms with Crippen molar-refractivity contribution in [2.75, 3.05) is 46.5 Å². The number of piperidine rings is 1. The van der Waals surface area contributed by atoms with E-state index in [4.69, 9.17) is 14.5 Å². The molecule has 2 saturated heterocycles. The van der Waals surface area contributed by atoms with Gasteiger partial charge in [-0.3, -0.25) is 9.69 Å². The van der Waals surface area contributed by atoms with Crippen molar-refractivity contribution in [3.05, 3.63) is 35.3 Å². The van der Waals surface area contributed by atoms with Crippen LogP contribution in [0.15, 0.2) is 18.3 Å². The van der Waals surface area contributed by atoms with Crippen LogP contribution in [-0.2, 0) is 16.0 Å². The number of pyridine rings is 1. The maximum absolute atomic E-state index is 13.2. The van der Waals surface area contributed by atoms with E-state index in [0.29, 0.717) is 38.5 Å². The van der Waals surface area contributed by atoms with Gasteiger partial charge in [-0.25, -0.2) is 4.98 Å². The number of aromatic nitrogens is 2. The summed E-state index contributed by atoms with van der Waals surface area (Å²) in [5.41, 5.74) is 3.49. The number of methoxy groups -OCH3 is 1. The Balaban J connectivity index is 1.68. The van der Waals surface area contributed by atoms with Crippen LogP contribution in [0.25, 0.3) is 5.65 Å². The Kier molecular flexibility index (Phi) is 5.43. The van der Waals surface area contributed by atoms with E-state index in [9.17, 15) is 4.79 Å². The van der Waals surface area contributed by atoms with Crippen molar-refractivity contribution in [3.8, 4) is 0 Å². The van der Waals surface area contributed by atoms with Gasteiger partial charge in [0.1, 0.15) is 5.65 Å². The molecule has 0 spiro atoms. The Hall–Kier alpha value is -1.96. The van der Waals surface area contributed by atoms with Gasteiger partial charge in [0.05, 0.1) is 25.0 Å². The standard InChI is InChI=1S/C20H28N4O3/c1-15-5-3-8-24-17(14-22-7-4-6-16(13-22)26-2)18(21-19(15)24)20(25)23-9-11-27-12-10-23/h3,5,8,16H,4,6-7,9-14H2,1-2H3/t16-/m1/s1. The minimum absolute atomic E-state index is 0.0108. The molecule has 27 heavy (non-hydrogen) atoms. The fourth-order valence-corrected chi connectivity index (χ4v) is 4.05. The maximum atomic E-state index is 13.2. The first-order chi connectivity index (χ1) is 13.2. The number of ether oxygens (including phenoxy) is 2. The molecule has 0 radical (unpaired) electrons. The molecule has 7 nitrogen and oxygen atoms in total. The van der Waals surface area contributed by atoms with Crippen LogP contribution in [0.2, 0.25) is 0 Å². The Morgan fingerprint density at radius 3 is 2.93 bits per heavy atom. The van der Waals surface area contributed by atoms with Gasteiger partial charge in [0, 0.05) is 39.5 Å². The summed E-state index contributed by atoms with van der Waals surface area (Å²) in [5, 5.41) is 0. The summed E-state index contributed by atoms with van der Waals surface area (Å²) >= 11 is 0. The number of nitrogens with zero attached hydrogens (tertiary/aromatic N) is 4. The van der Waals surface area contributed by atoms with Crippen molar-refractivity contribution >= 4 is 11.6 Å². The molecule has 0 N–H and O–H groups in total. The van der Waals surface area contributed by atoms with Gasteiger partial charge in [0.2, 0.25) is 0 Å². The van der Waals surface area contributed by atoms with E-state index >= 15 is 0 Å². The number of aryl methyl sites for hydroxylation is 1. The van der Waals surface area contributed by atoms with Crippen molar-refractivity contribution in [2.45, 2.75) is 32.4 Å². The van der Waals surface area contributed by atoms with Crippen molar-refractivity contribution in [1.29, 1.82) is 0 Å². The molecule has 2 aliphatic rings. The van der Waals surface area contributed by atoms with Crippen LogP contribution in [0.5, 0.6) is 0 Å². The second kappa shape index (κ2) is 7.96. The van der Waals surface area contributed by atoms with Crippen LogP contribution in [-0.4, -0.2) is 77.7 Å². The quantitative estimate of drug-likeness (QED) is 0.818. The third-order valence-electron chi connectivity index (χ3n) is 5.61. The monoisotopic (exact) mass is 372 g/mol. The third kappa shape index (κ3) is 3.72. The van der Waals surface area contributed by atoms with E-state index in [-0.39, 0.29) is 12.0 Å². The van der Waals surface area contributed by atoms with Crippen LogP contribution in [0.1, 0.15) is 34.6 Å². The first kappa shape index (κ1) is 18.4. The molecule has 4 heterocycles. The molecule has 7 heteroatoms. The second-order valence-electron chi connectivity index (χ2n) is 7.43. The van der Waals surface area contributed by atoms with Gasteiger partial charge < -0.3 is 18.8 Å². The average Bonchev–Trinajstić information content (AvgIpc) is 3.08. The molecule has 0 unspecified atom stereocenters. The van der Waals surface area contributed by atoms with Gasteiger partial charge in [0.25, 0.3) is 5.91 Å². The molecule has 2 aliphatic heterocycles. The molecule has 1 amide bonds. The normalized spacial score (nSPS) is 21.7. The minimum atomic E-state index is 0.0108. The predicted octanol–water partition coefficient (Wildman–Crippen LogP) is 1.73. The van der Waals surface area contributed by atoms with E-state index in [0.717, 1.165) is 42.8 Å². The molecule has 0 bridgehead atoms. The van der Waals surface area contributed by atoms with E-state index in [1.165, 1.54) is 0 Å². The minimum Gasteiger partial charge on any atom is -0.380 e. The highest BCUT2D eigenvalue weighted by atomic mass is 16.5. The highest BCUT2D eigenvalue weighted by Crippen LogP contribution is 2.22. The number of fused-ring (bicyclic) bond motifs is 1. The van der Waals surface area contributed by atoms with Crippen molar-refractivity contribution < 1.29 is 14.3 Å². The number of morpholine rings is 1. The van der Waals surface area contributed by atoms with E-state index in [2.05, 4.69) is 9.30 Å². The van der Waals surface area contributed by atoms with Crippen LogP contribution in [0.3, 0.4) is 0 Å². The van der Waals surface area contributed by atoms with Gasteiger partial charge >= 0.3 is 0 Å². The van der Waals surface area contributed by atoms with Gasteiger partial charge in [-0.05, 0) is 37.9 Å².